The molecular weight excluding hydrogens is 244 g/mol. The summed E-state index contributed by atoms with van der Waals surface area (Å²) in [4.78, 5) is 24.7. The number of nitrogens with zero attached hydrogens (tertiary/aromatic N) is 1. The average Bonchev–Trinajstić information content (AvgIpc) is 3.17. The van der Waals surface area contributed by atoms with Gasteiger partial charge in [0.1, 0.15) is 0 Å². The second-order valence-corrected chi connectivity index (χ2v) is 6.03. The van der Waals surface area contributed by atoms with Crippen molar-refractivity contribution in [1.29, 1.82) is 0 Å². The topological polar surface area (TPSA) is 69.6 Å². The van der Waals surface area contributed by atoms with Gasteiger partial charge >= 0.3 is 12.0 Å². The number of carboxylic acid groups (broad SMARTS) is 1. The zero-order valence-corrected chi connectivity index (χ0v) is 11.7. The number of nitrogens with one attached hydrogen (secondary N) is 1. The van der Waals surface area contributed by atoms with Crippen molar-refractivity contribution in [2.45, 2.75) is 45.4 Å². The Morgan fingerprint density at radius 3 is 2.74 bits per heavy atom. The molecule has 5 heteroatoms. The van der Waals surface area contributed by atoms with Crippen LogP contribution >= 0.6 is 0 Å². The van der Waals surface area contributed by atoms with E-state index in [-0.39, 0.29) is 6.03 Å². The van der Waals surface area contributed by atoms with Crippen LogP contribution in [0, 0.1) is 11.3 Å². The minimum absolute atomic E-state index is 0.0895. The molecule has 0 spiro atoms. The zero-order valence-electron chi connectivity index (χ0n) is 11.7. The molecule has 0 aromatic rings. The molecule has 2 fully saturated rings. The number of aliphatic carboxylic acids is 1. The van der Waals surface area contributed by atoms with E-state index in [0.29, 0.717) is 24.9 Å². The van der Waals surface area contributed by atoms with Crippen LogP contribution in [0.25, 0.3) is 0 Å². The van der Waals surface area contributed by atoms with Gasteiger partial charge in [-0.05, 0) is 37.5 Å². The number of amides is 2. The SMILES string of the molecule is CCCC1(CNC(=O)N2CCC[C@@H](C(=O)O)C2)CC1. The summed E-state index contributed by atoms with van der Waals surface area (Å²) >= 11 is 0. The maximum absolute atomic E-state index is 12.1. The summed E-state index contributed by atoms with van der Waals surface area (Å²) in [7, 11) is 0. The van der Waals surface area contributed by atoms with Crippen molar-refractivity contribution in [2.24, 2.45) is 11.3 Å². The summed E-state index contributed by atoms with van der Waals surface area (Å²) in [6.07, 6.45) is 6.20. The van der Waals surface area contributed by atoms with Crippen molar-refractivity contribution in [1.82, 2.24) is 10.2 Å². The van der Waals surface area contributed by atoms with E-state index in [0.717, 1.165) is 19.4 Å². The Hall–Kier alpha value is -1.26. The van der Waals surface area contributed by atoms with E-state index in [1.807, 2.05) is 0 Å². The van der Waals surface area contributed by atoms with Gasteiger partial charge in [0.15, 0.2) is 0 Å². The molecule has 5 nitrogen and oxygen atoms in total. The Morgan fingerprint density at radius 2 is 2.16 bits per heavy atom. The number of rotatable bonds is 5. The molecule has 0 unspecified atom stereocenters. The molecule has 1 saturated heterocycles. The molecule has 1 saturated carbocycles. The van der Waals surface area contributed by atoms with Gasteiger partial charge < -0.3 is 15.3 Å². The Bertz CT molecular complexity index is 353. The van der Waals surface area contributed by atoms with Gasteiger partial charge in [0, 0.05) is 19.6 Å². The number of carbonyl (C=O) groups excluding carboxylic acids is 1. The maximum atomic E-state index is 12.1. The van der Waals surface area contributed by atoms with Crippen molar-refractivity contribution < 1.29 is 14.7 Å². The molecule has 1 aliphatic carbocycles. The molecule has 2 aliphatic rings. The number of hydrogen-bond donors (Lipinski definition) is 2. The third-order valence-electron chi connectivity index (χ3n) is 4.41. The van der Waals surface area contributed by atoms with E-state index in [9.17, 15) is 9.59 Å². The van der Waals surface area contributed by atoms with Crippen molar-refractivity contribution in [3.8, 4) is 0 Å². The Kier molecular flexibility index (Phi) is 4.32. The maximum Gasteiger partial charge on any atom is 0.317 e. The molecule has 0 aromatic carbocycles. The zero-order chi connectivity index (χ0) is 13.9. The molecule has 1 heterocycles. The van der Waals surface area contributed by atoms with Gasteiger partial charge in [-0.2, -0.15) is 0 Å². The van der Waals surface area contributed by atoms with Gasteiger partial charge in [-0.1, -0.05) is 13.3 Å². The van der Waals surface area contributed by atoms with Gasteiger partial charge in [-0.15, -0.1) is 0 Å². The van der Waals surface area contributed by atoms with Crippen LogP contribution in [0.4, 0.5) is 4.79 Å². The Morgan fingerprint density at radius 1 is 1.42 bits per heavy atom. The summed E-state index contributed by atoms with van der Waals surface area (Å²) < 4.78 is 0. The Labute approximate surface area is 114 Å². The van der Waals surface area contributed by atoms with Crippen molar-refractivity contribution >= 4 is 12.0 Å². The van der Waals surface area contributed by atoms with Crippen LogP contribution in [-0.4, -0.2) is 41.6 Å². The predicted molar refractivity (Wildman–Crippen MR) is 71.9 cm³/mol. The quantitative estimate of drug-likeness (QED) is 0.802. The molecule has 1 atom stereocenters. The number of hydrogen-bond acceptors (Lipinski definition) is 2. The first-order chi connectivity index (χ1) is 9.06. The fraction of sp³-hybridized carbons (Fsp3) is 0.857. The third-order valence-corrected chi connectivity index (χ3v) is 4.41. The van der Waals surface area contributed by atoms with Gasteiger partial charge in [0.05, 0.1) is 5.92 Å². The van der Waals surface area contributed by atoms with E-state index < -0.39 is 11.9 Å². The van der Waals surface area contributed by atoms with E-state index in [2.05, 4.69) is 12.2 Å². The summed E-state index contributed by atoms with van der Waals surface area (Å²) in [5, 5.41) is 12.0. The molecule has 0 radical (unpaired) electrons. The normalized spacial score (nSPS) is 24.9. The summed E-state index contributed by atoms with van der Waals surface area (Å²) in [5.41, 5.74) is 0.340. The second kappa shape index (κ2) is 5.80. The van der Waals surface area contributed by atoms with Crippen molar-refractivity contribution in [2.75, 3.05) is 19.6 Å². The first-order valence-electron chi connectivity index (χ1n) is 7.32. The highest BCUT2D eigenvalue weighted by Gasteiger charge is 2.41. The van der Waals surface area contributed by atoms with Crippen LogP contribution in [0.1, 0.15) is 45.4 Å². The molecule has 0 aromatic heterocycles. The van der Waals surface area contributed by atoms with Crippen LogP contribution in [0.5, 0.6) is 0 Å². The number of carboxylic acids is 1. The minimum Gasteiger partial charge on any atom is -0.481 e. The monoisotopic (exact) mass is 268 g/mol. The predicted octanol–water partition coefficient (Wildman–Crippen LogP) is 2.07. The summed E-state index contributed by atoms with van der Waals surface area (Å²) in [5.74, 6) is -1.19. The molecule has 19 heavy (non-hydrogen) atoms. The molecule has 2 N–H and O–H groups in total. The van der Waals surface area contributed by atoms with Gasteiger partial charge in [-0.3, -0.25) is 4.79 Å². The Balaban J connectivity index is 1.78. The number of carbonyl (C=O) groups is 2. The minimum atomic E-state index is -0.790. The largest absolute Gasteiger partial charge is 0.481 e. The lowest BCUT2D eigenvalue weighted by Crippen LogP contribution is -2.48. The van der Waals surface area contributed by atoms with Crippen molar-refractivity contribution in [3.05, 3.63) is 0 Å². The van der Waals surface area contributed by atoms with Crippen LogP contribution in [0.3, 0.4) is 0 Å². The molecular formula is C14H24N2O3. The third kappa shape index (κ3) is 3.61. The lowest BCUT2D eigenvalue weighted by atomic mass is 9.98. The highest BCUT2D eigenvalue weighted by Crippen LogP contribution is 2.48. The van der Waals surface area contributed by atoms with Gasteiger partial charge in [0.2, 0.25) is 0 Å². The first kappa shape index (κ1) is 14.2. The molecule has 0 bridgehead atoms. The summed E-state index contributed by atoms with van der Waals surface area (Å²) in [6, 6.07) is -0.0895. The number of urea groups is 1. The van der Waals surface area contributed by atoms with Crippen molar-refractivity contribution in [3.63, 3.8) is 0 Å². The highest BCUT2D eigenvalue weighted by atomic mass is 16.4. The summed E-state index contributed by atoms with van der Waals surface area (Å²) in [6.45, 7) is 3.94. The molecule has 2 amide bonds. The van der Waals surface area contributed by atoms with Crippen LogP contribution in [0.2, 0.25) is 0 Å². The van der Waals surface area contributed by atoms with E-state index in [4.69, 9.17) is 5.11 Å². The number of piperidine rings is 1. The van der Waals surface area contributed by atoms with E-state index in [1.54, 1.807) is 4.90 Å². The molecule has 2 rings (SSSR count). The van der Waals surface area contributed by atoms with E-state index in [1.165, 1.54) is 19.3 Å². The van der Waals surface area contributed by atoms with E-state index >= 15 is 0 Å². The fourth-order valence-electron chi connectivity index (χ4n) is 2.96. The van der Waals surface area contributed by atoms with Crippen LogP contribution < -0.4 is 5.32 Å². The molecule has 108 valence electrons. The van der Waals surface area contributed by atoms with Crippen LogP contribution in [-0.2, 0) is 4.79 Å². The average molecular weight is 268 g/mol. The lowest BCUT2D eigenvalue weighted by Gasteiger charge is -2.31. The lowest BCUT2D eigenvalue weighted by molar-refractivity contribution is -0.143. The van der Waals surface area contributed by atoms with Gasteiger partial charge in [0.25, 0.3) is 0 Å². The van der Waals surface area contributed by atoms with Crippen LogP contribution in [0.15, 0.2) is 0 Å². The highest BCUT2D eigenvalue weighted by molar-refractivity contribution is 5.76. The smallest absolute Gasteiger partial charge is 0.317 e. The number of likely N-dealkylation sites (tertiary alicyclic amines) is 1. The second-order valence-electron chi connectivity index (χ2n) is 6.03. The van der Waals surface area contributed by atoms with Gasteiger partial charge in [-0.25, -0.2) is 4.79 Å². The standard InChI is InChI=1S/C14H24N2O3/c1-2-5-14(6-7-14)10-15-13(19)16-8-3-4-11(9-16)12(17)18/h11H,2-10H2,1H3,(H,15,19)(H,17,18)/t11-/m1/s1. The molecule has 1 aliphatic heterocycles. The first-order valence-corrected chi connectivity index (χ1v) is 7.32. The fourth-order valence-corrected chi connectivity index (χ4v) is 2.96.